The first-order valence-electron chi connectivity index (χ1n) is 8.11. The molecule has 2 aromatic carbocycles. The number of nitrogens with zero attached hydrogens (tertiary/aromatic N) is 1. The van der Waals surface area contributed by atoms with Crippen molar-refractivity contribution in [3.8, 4) is 5.75 Å². The Hall–Kier alpha value is -2.33. The number of piperidine rings is 1. The van der Waals surface area contributed by atoms with Gasteiger partial charge in [0.15, 0.2) is 0 Å². The Morgan fingerprint density at radius 1 is 1.04 bits per heavy atom. The van der Waals surface area contributed by atoms with Gasteiger partial charge in [-0.3, -0.25) is 4.79 Å². The van der Waals surface area contributed by atoms with E-state index in [1.54, 1.807) is 12.1 Å². The van der Waals surface area contributed by atoms with Crippen molar-refractivity contribution in [1.82, 2.24) is 10.2 Å². The van der Waals surface area contributed by atoms with Gasteiger partial charge in [0, 0.05) is 12.1 Å². The topological polar surface area (TPSA) is 52.6 Å². The van der Waals surface area contributed by atoms with E-state index >= 15 is 0 Å². The summed E-state index contributed by atoms with van der Waals surface area (Å²) in [7, 11) is 0. The number of amides is 1. The average Bonchev–Trinajstić information content (AvgIpc) is 2.81. The highest BCUT2D eigenvalue weighted by molar-refractivity contribution is 6.00. The highest BCUT2D eigenvalue weighted by Gasteiger charge is 2.49. The largest absolute Gasteiger partial charge is 0.508 e. The van der Waals surface area contributed by atoms with Gasteiger partial charge < -0.3 is 15.3 Å². The maximum absolute atomic E-state index is 13.0. The number of hydrogen-bond donors (Lipinski definition) is 2. The summed E-state index contributed by atoms with van der Waals surface area (Å²) < 4.78 is 0. The maximum Gasteiger partial charge on any atom is 0.255 e. The van der Waals surface area contributed by atoms with Crippen LogP contribution in [0.1, 0.15) is 34.3 Å². The van der Waals surface area contributed by atoms with Gasteiger partial charge in [0.25, 0.3) is 5.91 Å². The number of nitrogens with one attached hydrogen (secondary N) is 1. The van der Waals surface area contributed by atoms with E-state index in [1.165, 1.54) is 5.56 Å². The fraction of sp³-hybridized carbons (Fsp3) is 0.316. The fourth-order valence-electron chi connectivity index (χ4n) is 3.95. The third kappa shape index (κ3) is 2.21. The minimum atomic E-state index is -0.198. The van der Waals surface area contributed by atoms with Gasteiger partial charge in [-0.1, -0.05) is 30.3 Å². The first-order chi connectivity index (χ1) is 11.2. The molecule has 1 fully saturated rings. The number of phenols is 1. The molecule has 118 valence electrons. The molecule has 4 nitrogen and oxygen atoms in total. The third-order valence-corrected chi connectivity index (χ3v) is 5.13. The molecule has 1 spiro atoms. The van der Waals surface area contributed by atoms with Crippen molar-refractivity contribution in [2.45, 2.75) is 24.9 Å². The summed E-state index contributed by atoms with van der Waals surface area (Å²) in [5, 5.41) is 12.9. The van der Waals surface area contributed by atoms with Crippen LogP contribution in [-0.4, -0.2) is 29.0 Å². The Labute approximate surface area is 135 Å². The van der Waals surface area contributed by atoms with Crippen molar-refractivity contribution in [2.24, 2.45) is 0 Å². The Bertz CT molecular complexity index is 733. The van der Waals surface area contributed by atoms with Gasteiger partial charge >= 0.3 is 0 Å². The zero-order valence-corrected chi connectivity index (χ0v) is 13.0. The minimum Gasteiger partial charge on any atom is -0.508 e. The molecule has 0 bridgehead atoms. The second-order valence-corrected chi connectivity index (χ2v) is 6.38. The van der Waals surface area contributed by atoms with E-state index in [-0.39, 0.29) is 17.2 Å². The van der Waals surface area contributed by atoms with Crippen molar-refractivity contribution in [1.29, 1.82) is 0 Å². The van der Waals surface area contributed by atoms with Crippen LogP contribution in [0.2, 0.25) is 0 Å². The zero-order valence-electron chi connectivity index (χ0n) is 13.0. The Kier molecular flexibility index (Phi) is 3.34. The predicted molar refractivity (Wildman–Crippen MR) is 88.2 cm³/mol. The molecule has 2 N–H and O–H groups in total. The van der Waals surface area contributed by atoms with Crippen LogP contribution in [0.25, 0.3) is 0 Å². The lowest BCUT2D eigenvalue weighted by atomic mass is 9.81. The first kappa shape index (κ1) is 14.3. The molecule has 2 heterocycles. The number of hydrogen-bond acceptors (Lipinski definition) is 3. The van der Waals surface area contributed by atoms with Crippen molar-refractivity contribution in [3.05, 3.63) is 65.2 Å². The Balaban J connectivity index is 1.75. The van der Waals surface area contributed by atoms with Crippen LogP contribution in [0.3, 0.4) is 0 Å². The van der Waals surface area contributed by atoms with Crippen LogP contribution in [0.15, 0.2) is 48.5 Å². The molecule has 2 aliphatic heterocycles. The normalized spacial score (nSPS) is 19.1. The number of rotatable bonds is 2. The van der Waals surface area contributed by atoms with Crippen molar-refractivity contribution in [2.75, 3.05) is 13.1 Å². The van der Waals surface area contributed by atoms with Crippen molar-refractivity contribution < 1.29 is 9.90 Å². The van der Waals surface area contributed by atoms with Crippen LogP contribution in [0.4, 0.5) is 0 Å². The summed E-state index contributed by atoms with van der Waals surface area (Å²) in [5.41, 5.74) is 2.86. The molecular weight excluding hydrogens is 288 g/mol. The van der Waals surface area contributed by atoms with E-state index < -0.39 is 0 Å². The van der Waals surface area contributed by atoms with Crippen LogP contribution in [0.5, 0.6) is 5.75 Å². The quantitative estimate of drug-likeness (QED) is 0.897. The highest BCUT2D eigenvalue weighted by atomic mass is 16.3. The highest BCUT2D eigenvalue weighted by Crippen LogP contribution is 2.45. The average molecular weight is 308 g/mol. The number of phenolic OH excluding ortho intramolecular Hbond substituents is 1. The van der Waals surface area contributed by atoms with Gasteiger partial charge in [0.05, 0.1) is 5.54 Å². The molecule has 2 aromatic rings. The molecule has 0 saturated carbocycles. The van der Waals surface area contributed by atoms with Gasteiger partial charge in [0.1, 0.15) is 5.75 Å². The second-order valence-electron chi connectivity index (χ2n) is 6.38. The minimum absolute atomic E-state index is 0.121. The standard InChI is InChI=1S/C19H20N2O2/c22-15-7-5-14(6-8-15)13-21-18(23)16-3-1-2-4-17(16)19(21)9-11-20-12-10-19/h1-8,20,22H,9-13H2. The van der Waals surface area contributed by atoms with E-state index in [0.29, 0.717) is 6.54 Å². The second kappa shape index (κ2) is 5.39. The lowest BCUT2D eigenvalue weighted by Crippen LogP contribution is -2.49. The molecule has 4 heteroatoms. The molecule has 2 aliphatic rings. The number of carbonyl (C=O) groups excluding carboxylic acids is 1. The van der Waals surface area contributed by atoms with Gasteiger partial charge in [-0.15, -0.1) is 0 Å². The summed E-state index contributed by atoms with van der Waals surface area (Å²) in [6, 6.07) is 15.2. The molecule has 1 saturated heterocycles. The summed E-state index contributed by atoms with van der Waals surface area (Å²) in [5.74, 6) is 0.372. The zero-order chi connectivity index (χ0) is 15.9. The summed E-state index contributed by atoms with van der Waals surface area (Å²) in [6.07, 6.45) is 1.88. The van der Waals surface area contributed by atoms with Crippen LogP contribution in [0, 0.1) is 0 Å². The van der Waals surface area contributed by atoms with Gasteiger partial charge in [0.2, 0.25) is 0 Å². The monoisotopic (exact) mass is 308 g/mol. The van der Waals surface area contributed by atoms with Gasteiger partial charge in [-0.25, -0.2) is 0 Å². The van der Waals surface area contributed by atoms with Crippen LogP contribution >= 0.6 is 0 Å². The van der Waals surface area contributed by atoms with Crippen LogP contribution < -0.4 is 5.32 Å². The first-order valence-corrected chi connectivity index (χ1v) is 8.11. The molecule has 0 aliphatic carbocycles. The summed E-state index contributed by atoms with van der Waals surface area (Å²) in [4.78, 5) is 15.0. The molecule has 1 amide bonds. The molecular formula is C19H20N2O2. The molecule has 4 rings (SSSR count). The maximum atomic E-state index is 13.0. The van der Waals surface area contributed by atoms with E-state index in [0.717, 1.165) is 37.1 Å². The third-order valence-electron chi connectivity index (χ3n) is 5.13. The molecule has 0 unspecified atom stereocenters. The Morgan fingerprint density at radius 2 is 1.74 bits per heavy atom. The molecule has 0 aromatic heterocycles. The number of carbonyl (C=O) groups is 1. The number of benzene rings is 2. The predicted octanol–water partition coefficient (Wildman–Crippen LogP) is 2.63. The number of aromatic hydroxyl groups is 1. The van der Waals surface area contributed by atoms with Gasteiger partial charge in [-0.2, -0.15) is 0 Å². The summed E-state index contributed by atoms with van der Waals surface area (Å²) >= 11 is 0. The Morgan fingerprint density at radius 3 is 2.48 bits per heavy atom. The number of fused-ring (bicyclic) bond motifs is 2. The summed E-state index contributed by atoms with van der Waals surface area (Å²) in [6.45, 7) is 2.43. The van der Waals surface area contributed by atoms with E-state index in [9.17, 15) is 9.90 Å². The molecule has 0 radical (unpaired) electrons. The van der Waals surface area contributed by atoms with E-state index in [1.807, 2.05) is 35.2 Å². The van der Waals surface area contributed by atoms with E-state index in [2.05, 4.69) is 11.4 Å². The molecule has 23 heavy (non-hydrogen) atoms. The fourth-order valence-corrected chi connectivity index (χ4v) is 3.95. The van der Waals surface area contributed by atoms with Crippen molar-refractivity contribution >= 4 is 5.91 Å². The lowest BCUT2D eigenvalue weighted by Gasteiger charge is -2.42. The smallest absolute Gasteiger partial charge is 0.255 e. The van der Waals surface area contributed by atoms with Crippen molar-refractivity contribution in [3.63, 3.8) is 0 Å². The SMILES string of the molecule is O=C1c2ccccc2C2(CCNCC2)N1Cc1ccc(O)cc1. The van der Waals surface area contributed by atoms with Gasteiger partial charge in [-0.05, 0) is 55.3 Å². The van der Waals surface area contributed by atoms with E-state index in [4.69, 9.17) is 0 Å². The van der Waals surface area contributed by atoms with Crippen LogP contribution in [-0.2, 0) is 12.1 Å². The molecule has 0 atom stereocenters. The lowest BCUT2D eigenvalue weighted by molar-refractivity contribution is 0.0413.